The molecule has 1 aromatic heterocycles. The smallest absolute Gasteiger partial charge is 0.327 e. The minimum absolute atomic E-state index is 0.184. The van der Waals surface area contributed by atoms with Crippen LogP contribution in [0.3, 0.4) is 0 Å². The van der Waals surface area contributed by atoms with Crippen molar-refractivity contribution in [3.63, 3.8) is 0 Å². The number of carbonyl (C=O) groups is 3. The van der Waals surface area contributed by atoms with Crippen molar-refractivity contribution >= 4 is 17.8 Å². The number of hydrogen-bond donors (Lipinski definition) is 0. The number of rotatable bonds is 4. The number of nitrogens with zero attached hydrogens (tertiary/aromatic N) is 5. The van der Waals surface area contributed by atoms with Gasteiger partial charge in [0.2, 0.25) is 0 Å². The Labute approximate surface area is 192 Å². The minimum atomic E-state index is -0.623. The molecule has 3 aromatic rings. The van der Waals surface area contributed by atoms with Crippen molar-refractivity contribution in [2.24, 2.45) is 0 Å². The first-order valence-electron chi connectivity index (χ1n) is 11.1. The van der Waals surface area contributed by atoms with Crippen LogP contribution in [0, 0.1) is 6.92 Å². The number of likely N-dealkylation sites (N-methyl/N-ethyl adjacent to an activating group) is 1. The molecule has 1 atom stereocenters. The number of aryl methyl sites for hydroxylation is 1. The summed E-state index contributed by atoms with van der Waals surface area (Å²) in [6, 6.07) is 16.6. The molecule has 33 heavy (non-hydrogen) atoms. The van der Waals surface area contributed by atoms with Crippen molar-refractivity contribution in [3.8, 4) is 16.9 Å². The minimum Gasteiger partial charge on any atom is -0.334 e. The average molecular weight is 444 g/mol. The lowest BCUT2D eigenvalue weighted by atomic mass is 10.1. The number of aromatic nitrogens is 2. The van der Waals surface area contributed by atoms with Gasteiger partial charge in [-0.3, -0.25) is 14.5 Å². The van der Waals surface area contributed by atoms with E-state index in [1.165, 1.54) is 4.90 Å². The Bertz CT molecular complexity index is 1220. The second-order valence-electron chi connectivity index (χ2n) is 8.36. The van der Waals surface area contributed by atoms with Gasteiger partial charge in [-0.15, -0.1) is 0 Å². The fourth-order valence-electron chi connectivity index (χ4n) is 4.47. The van der Waals surface area contributed by atoms with E-state index >= 15 is 0 Å². The number of amides is 4. The molecule has 2 saturated heterocycles. The maximum Gasteiger partial charge on any atom is 0.327 e. The van der Waals surface area contributed by atoms with Gasteiger partial charge in [0.1, 0.15) is 11.7 Å². The van der Waals surface area contributed by atoms with Crippen LogP contribution in [0.2, 0.25) is 0 Å². The molecular formula is C25H25N5O3. The summed E-state index contributed by atoms with van der Waals surface area (Å²) >= 11 is 0. The number of imide groups is 1. The second-order valence-corrected chi connectivity index (χ2v) is 8.36. The average Bonchev–Trinajstić information content (AvgIpc) is 3.39. The number of benzene rings is 2. The van der Waals surface area contributed by atoms with Gasteiger partial charge in [0, 0.05) is 31.4 Å². The molecule has 8 nitrogen and oxygen atoms in total. The van der Waals surface area contributed by atoms with Gasteiger partial charge in [0.25, 0.3) is 11.8 Å². The van der Waals surface area contributed by atoms with Crippen LogP contribution in [0.1, 0.15) is 22.8 Å². The number of piperazine rings is 1. The Kier molecular flexibility index (Phi) is 5.20. The molecule has 0 radical (unpaired) electrons. The fraction of sp³-hybridized carbons (Fsp3) is 0.280. The maximum absolute atomic E-state index is 13.7. The Morgan fingerprint density at radius 3 is 2.45 bits per heavy atom. The van der Waals surface area contributed by atoms with Crippen molar-refractivity contribution in [2.45, 2.75) is 19.9 Å². The van der Waals surface area contributed by atoms with E-state index < -0.39 is 6.04 Å². The Morgan fingerprint density at radius 1 is 1.03 bits per heavy atom. The number of hydrogen-bond acceptors (Lipinski definition) is 4. The van der Waals surface area contributed by atoms with Crippen LogP contribution >= 0.6 is 0 Å². The molecule has 0 spiro atoms. The zero-order valence-electron chi connectivity index (χ0n) is 18.6. The Balaban J connectivity index is 1.49. The third kappa shape index (κ3) is 3.57. The second kappa shape index (κ2) is 8.20. The van der Waals surface area contributed by atoms with E-state index in [0.717, 1.165) is 16.8 Å². The topological polar surface area (TPSA) is 78.8 Å². The number of fused-ring (bicyclic) bond motifs is 1. The van der Waals surface area contributed by atoms with E-state index in [4.69, 9.17) is 5.10 Å². The summed E-state index contributed by atoms with van der Waals surface area (Å²) in [5, 5.41) is 4.74. The van der Waals surface area contributed by atoms with Crippen molar-refractivity contribution in [3.05, 3.63) is 71.9 Å². The molecule has 2 aromatic carbocycles. The standard InChI is InChI=1S/C25H25N5O3/c1-3-28-24(32)21-16-27(13-14-29(21)25(28)33)23(31)20-15-30(19-11-9-17(2)10-12-19)26-22(20)18-7-5-4-6-8-18/h4-12,15,21H,3,13-14,16H2,1-2H3/t21-/m0/s1. The molecule has 2 aliphatic rings. The molecule has 0 aliphatic carbocycles. The summed E-state index contributed by atoms with van der Waals surface area (Å²) in [5.74, 6) is -0.430. The predicted molar refractivity (Wildman–Crippen MR) is 123 cm³/mol. The van der Waals surface area contributed by atoms with E-state index in [-0.39, 0.29) is 24.4 Å². The maximum atomic E-state index is 13.7. The van der Waals surface area contributed by atoms with Gasteiger partial charge in [0.15, 0.2) is 0 Å². The third-order valence-electron chi connectivity index (χ3n) is 6.30. The quantitative estimate of drug-likeness (QED) is 0.581. The zero-order valence-corrected chi connectivity index (χ0v) is 18.6. The van der Waals surface area contributed by atoms with E-state index in [2.05, 4.69) is 0 Å². The van der Waals surface area contributed by atoms with Crippen LogP contribution < -0.4 is 0 Å². The van der Waals surface area contributed by atoms with Gasteiger partial charge in [0.05, 0.1) is 17.8 Å². The molecule has 0 bridgehead atoms. The molecule has 0 N–H and O–H groups in total. The number of urea groups is 1. The molecule has 2 fully saturated rings. The van der Waals surface area contributed by atoms with Gasteiger partial charge in [-0.2, -0.15) is 5.10 Å². The van der Waals surface area contributed by atoms with Gasteiger partial charge in [-0.1, -0.05) is 48.0 Å². The first-order chi connectivity index (χ1) is 16.0. The van der Waals surface area contributed by atoms with Crippen LogP contribution in [0.15, 0.2) is 60.8 Å². The lowest BCUT2D eigenvalue weighted by Gasteiger charge is -2.35. The van der Waals surface area contributed by atoms with E-state index in [1.807, 2.05) is 61.5 Å². The highest BCUT2D eigenvalue weighted by Crippen LogP contribution is 2.28. The van der Waals surface area contributed by atoms with Gasteiger partial charge in [-0.05, 0) is 26.0 Å². The van der Waals surface area contributed by atoms with Crippen LogP contribution in [-0.2, 0) is 4.79 Å². The summed E-state index contributed by atoms with van der Waals surface area (Å²) in [6.45, 7) is 5.03. The zero-order chi connectivity index (χ0) is 23.1. The van der Waals surface area contributed by atoms with E-state index in [9.17, 15) is 14.4 Å². The highest BCUT2D eigenvalue weighted by Gasteiger charge is 2.47. The Morgan fingerprint density at radius 2 is 1.76 bits per heavy atom. The lowest BCUT2D eigenvalue weighted by Crippen LogP contribution is -2.54. The monoisotopic (exact) mass is 443 g/mol. The summed E-state index contributed by atoms with van der Waals surface area (Å²) in [7, 11) is 0. The molecule has 8 heteroatoms. The van der Waals surface area contributed by atoms with Crippen molar-refractivity contribution in [1.29, 1.82) is 0 Å². The van der Waals surface area contributed by atoms with Crippen molar-refractivity contribution < 1.29 is 14.4 Å². The SMILES string of the molecule is CCN1C(=O)[C@@H]2CN(C(=O)c3cn(-c4ccc(C)cc4)nc3-c3ccccc3)CCN2C1=O. The molecule has 2 aliphatic heterocycles. The molecule has 0 unspecified atom stereocenters. The molecule has 168 valence electrons. The van der Waals surface area contributed by atoms with Gasteiger partial charge >= 0.3 is 6.03 Å². The summed E-state index contributed by atoms with van der Waals surface area (Å²) in [4.78, 5) is 43.3. The van der Waals surface area contributed by atoms with Gasteiger partial charge in [-0.25, -0.2) is 9.48 Å². The van der Waals surface area contributed by atoms with E-state index in [1.54, 1.807) is 27.6 Å². The molecule has 3 heterocycles. The van der Waals surface area contributed by atoms with Crippen molar-refractivity contribution in [1.82, 2.24) is 24.5 Å². The van der Waals surface area contributed by atoms with Crippen LogP contribution in [0.5, 0.6) is 0 Å². The highest BCUT2D eigenvalue weighted by molar-refractivity contribution is 6.05. The number of carbonyl (C=O) groups excluding carboxylic acids is 3. The van der Waals surface area contributed by atoms with Crippen LogP contribution in [0.4, 0.5) is 4.79 Å². The first kappa shape index (κ1) is 20.9. The first-order valence-corrected chi connectivity index (χ1v) is 11.1. The Hall–Kier alpha value is -3.94. The predicted octanol–water partition coefficient (Wildman–Crippen LogP) is 2.96. The fourth-order valence-corrected chi connectivity index (χ4v) is 4.47. The molecule has 5 rings (SSSR count). The summed E-state index contributed by atoms with van der Waals surface area (Å²) < 4.78 is 1.72. The third-order valence-corrected chi connectivity index (χ3v) is 6.30. The van der Waals surface area contributed by atoms with E-state index in [0.29, 0.717) is 30.9 Å². The molecule has 0 saturated carbocycles. The largest absolute Gasteiger partial charge is 0.334 e. The van der Waals surface area contributed by atoms with Gasteiger partial charge < -0.3 is 9.80 Å². The van der Waals surface area contributed by atoms with Crippen LogP contribution in [-0.4, -0.2) is 74.5 Å². The lowest BCUT2D eigenvalue weighted by molar-refractivity contribution is -0.129. The van der Waals surface area contributed by atoms with Crippen molar-refractivity contribution in [2.75, 3.05) is 26.2 Å². The normalized spacial score (nSPS) is 18.1. The molecular weight excluding hydrogens is 418 g/mol. The highest BCUT2D eigenvalue weighted by atomic mass is 16.2. The summed E-state index contributed by atoms with van der Waals surface area (Å²) in [5.41, 5.74) is 3.90. The van der Waals surface area contributed by atoms with Crippen LogP contribution in [0.25, 0.3) is 16.9 Å². The summed E-state index contributed by atoms with van der Waals surface area (Å²) in [6.07, 6.45) is 1.75. The molecule has 4 amide bonds.